The van der Waals surface area contributed by atoms with Crippen molar-refractivity contribution in [2.75, 3.05) is 16.0 Å². The van der Waals surface area contributed by atoms with Crippen molar-refractivity contribution in [2.45, 2.75) is 36.4 Å². The number of Topliss-reactive ketones (excluding diaryl/α,β-unsaturated/α-hetero) is 1. The maximum atomic E-state index is 13.3. The van der Waals surface area contributed by atoms with Crippen molar-refractivity contribution in [1.82, 2.24) is 10.2 Å². The molecule has 1 unspecified atom stereocenters. The first kappa shape index (κ1) is 29.5. The highest BCUT2D eigenvalue weighted by molar-refractivity contribution is 8.01. The van der Waals surface area contributed by atoms with Gasteiger partial charge in [-0.1, -0.05) is 58.4 Å². The van der Waals surface area contributed by atoms with E-state index in [2.05, 4.69) is 21.6 Å². The third kappa shape index (κ3) is 5.71. The Kier molecular flexibility index (Phi) is 8.51. The molecule has 2 heterocycles. The van der Waals surface area contributed by atoms with Gasteiger partial charge in [0, 0.05) is 35.0 Å². The van der Waals surface area contributed by atoms with Crippen LogP contribution < -0.4 is 16.0 Å². The first-order valence-electron chi connectivity index (χ1n) is 12.5. The van der Waals surface area contributed by atoms with Crippen LogP contribution in [0.1, 0.15) is 36.3 Å². The highest BCUT2D eigenvalue weighted by Crippen LogP contribution is 2.47. The lowest BCUT2D eigenvalue weighted by Crippen LogP contribution is -2.38. The Bertz CT molecular complexity index is 1750. The van der Waals surface area contributed by atoms with Crippen LogP contribution in [0.2, 0.25) is 10.0 Å². The number of anilines is 2. The van der Waals surface area contributed by atoms with Gasteiger partial charge in [0.05, 0.1) is 38.3 Å². The Balaban J connectivity index is 1.40. The number of nitrogens with zero attached hydrogens (tertiary/aromatic N) is 5. The number of hydrogen-bond donors (Lipinski definition) is 2. The first-order chi connectivity index (χ1) is 20.1. The smallest absolute Gasteiger partial charge is 0.274 e. The van der Waals surface area contributed by atoms with E-state index in [4.69, 9.17) is 28.9 Å². The van der Waals surface area contributed by atoms with E-state index in [1.807, 2.05) is 0 Å². The van der Waals surface area contributed by atoms with Gasteiger partial charge in [-0.05, 0) is 43.5 Å². The van der Waals surface area contributed by atoms with Crippen molar-refractivity contribution in [3.8, 4) is 6.07 Å². The van der Waals surface area contributed by atoms with Crippen LogP contribution in [0.5, 0.6) is 0 Å². The van der Waals surface area contributed by atoms with E-state index in [0.29, 0.717) is 66.9 Å². The van der Waals surface area contributed by atoms with Crippen molar-refractivity contribution in [3.05, 3.63) is 90.3 Å². The quantitative estimate of drug-likeness (QED) is 0.175. The van der Waals surface area contributed by atoms with E-state index in [-0.39, 0.29) is 34.5 Å². The maximum absolute atomic E-state index is 13.3. The largest absolute Gasteiger partial charge is 0.384 e. The normalized spacial score (nSPS) is 16.8. The molecule has 214 valence electrons. The summed E-state index contributed by atoms with van der Waals surface area (Å²) in [5.41, 5.74) is 9.19. The number of hydrogen-bond acceptors (Lipinski definition) is 11. The Morgan fingerprint density at radius 1 is 1.26 bits per heavy atom. The average molecular weight is 643 g/mol. The fourth-order valence-electron chi connectivity index (χ4n) is 4.89. The fourth-order valence-corrected chi connectivity index (χ4v) is 6.88. The molecule has 15 heteroatoms. The molecule has 0 spiro atoms. The number of carbonyl (C=O) groups is 2. The highest BCUT2D eigenvalue weighted by atomic mass is 35.5. The molecule has 1 aliphatic carbocycles. The molecule has 1 aromatic heterocycles. The SMILES string of the molecule is Cc1ccc(NC(=O)CSc2nnc(N3C(N)=C(C#N)C(c4ccc(Cl)c(Cl)c4)C4=C3CCCC4=O)s2)cc1[N+](=O)[O-]. The summed E-state index contributed by atoms with van der Waals surface area (Å²) in [5.74, 6) is -1.08. The maximum Gasteiger partial charge on any atom is 0.274 e. The Morgan fingerprint density at radius 2 is 2.05 bits per heavy atom. The number of nitriles is 1. The predicted molar refractivity (Wildman–Crippen MR) is 161 cm³/mol. The number of carbonyl (C=O) groups excluding carboxylic acids is 2. The lowest BCUT2D eigenvalue weighted by atomic mass is 9.76. The lowest BCUT2D eigenvalue weighted by Gasteiger charge is -2.38. The molecule has 1 atom stereocenters. The Labute approximate surface area is 258 Å². The van der Waals surface area contributed by atoms with E-state index >= 15 is 0 Å². The number of halogens is 2. The first-order valence-corrected chi connectivity index (χ1v) is 15.1. The van der Waals surface area contributed by atoms with Crippen LogP contribution in [-0.2, 0) is 9.59 Å². The summed E-state index contributed by atoms with van der Waals surface area (Å²) in [5, 5.41) is 33.5. The van der Waals surface area contributed by atoms with Crippen molar-refractivity contribution < 1.29 is 14.5 Å². The van der Waals surface area contributed by atoms with E-state index in [1.165, 1.54) is 6.07 Å². The number of aryl methyl sites for hydroxylation is 1. The van der Waals surface area contributed by atoms with Crippen molar-refractivity contribution in [3.63, 3.8) is 0 Å². The summed E-state index contributed by atoms with van der Waals surface area (Å²) in [6.45, 7) is 1.62. The number of benzene rings is 2. The van der Waals surface area contributed by atoms with Crippen LogP contribution in [0.4, 0.5) is 16.5 Å². The van der Waals surface area contributed by atoms with Gasteiger partial charge in [-0.25, -0.2) is 0 Å². The number of aromatic nitrogens is 2. The molecule has 0 saturated heterocycles. The summed E-state index contributed by atoms with van der Waals surface area (Å²) >= 11 is 14.7. The Hall–Kier alpha value is -3.96. The topological polar surface area (TPSA) is 168 Å². The average Bonchev–Trinajstić information content (AvgIpc) is 3.42. The standard InChI is InChI=1S/C27H21Cl2N7O4S2/c1-13-5-7-15(10-20(13)36(39)40)32-22(38)12-41-27-34-33-26(42-27)35-19-3-2-4-21(37)24(19)23(16(11-30)25(35)31)14-6-8-17(28)18(29)9-14/h5-10,23H,2-4,12,31H2,1H3,(H,32,38). The number of nitro benzene ring substituents is 1. The van der Waals surface area contributed by atoms with Gasteiger partial charge in [0.1, 0.15) is 5.82 Å². The van der Waals surface area contributed by atoms with Gasteiger partial charge < -0.3 is 11.1 Å². The van der Waals surface area contributed by atoms with Crippen LogP contribution >= 0.6 is 46.3 Å². The summed E-state index contributed by atoms with van der Waals surface area (Å²) < 4.78 is 0.456. The molecular weight excluding hydrogens is 621 g/mol. The van der Waals surface area contributed by atoms with Gasteiger partial charge in [0.25, 0.3) is 5.69 Å². The van der Waals surface area contributed by atoms with Crippen LogP contribution in [-0.4, -0.2) is 32.6 Å². The highest BCUT2D eigenvalue weighted by Gasteiger charge is 2.41. The number of thioether (sulfide) groups is 1. The number of rotatable bonds is 7. The molecular formula is C27H21Cl2N7O4S2. The number of nitro groups is 1. The third-order valence-electron chi connectivity index (χ3n) is 6.79. The molecule has 5 rings (SSSR count). The van der Waals surface area contributed by atoms with Gasteiger partial charge in [0.15, 0.2) is 10.1 Å². The Morgan fingerprint density at radius 3 is 2.76 bits per heavy atom. The third-order valence-corrected chi connectivity index (χ3v) is 9.57. The minimum absolute atomic E-state index is 0.0308. The molecule has 1 aliphatic heterocycles. The van der Waals surface area contributed by atoms with E-state index in [9.17, 15) is 25.0 Å². The molecule has 0 saturated carbocycles. The molecule has 11 nitrogen and oxygen atoms in total. The molecule has 3 N–H and O–H groups in total. The zero-order chi connectivity index (χ0) is 30.1. The van der Waals surface area contributed by atoms with E-state index in [1.54, 1.807) is 42.2 Å². The van der Waals surface area contributed by atoms with Gasteiger partial charge in [-0.2, -0.15) is 5.26 Å². The molecule has 0 radical (unpaired) electrons. The monoisotopic (exact) mass is 641 g/mol. The molecule has 2 aliphatic rings. The van der Waals surface area contributed by atoms with E-state index < -0.39 is 10.8 Å². The van der Waals surface area contributed by atoms with Gasteiger partial charge >= 0.3 is 0 Å². The number of allylic oxidation sites excluding steroid dienone is 3. The molecule has 3 aromatic rings. The molecule has 2 aromatic carbocycles. The number of nitrogens with one attached hydrogen (secondary N) is 1. The molecule has 0 fully saturated rings. The summed E-state index contributed by atoms with van der Waals surface area (Å²) in [6, 6.07) is 11.6. The zero-order valence-corrected chi connectivity index (χ0v) is 25.0. The van der Waals surface area contributed by atoms with Crippen molar-refractivity contribution in [1.29, 1.82) is 5.26 Å². The summed E-state index contributed by atoms with van der Waals surface area (Å²) in [4.78, 5) is 38.1. The van der Waals surface area contributed by atoms with Crippen LogP contribution in [0.3, 0.4) is 0 Å². The lowest BCUT2D eigenvalue weighted by molar-refractivity contribution is -0.385. The minimum atomic E-state index is -0.702. The van der Waals surface area contributed by atoms with Gasteiger partial charge in [-0.3, -0.25) is 24.6 Å². The molecule has 42 heavy (non-hydrogen) atoms. The zero-order valence-electron chi connectivity index (χ0n) is 21.9. The van der Waals surface area contributed by atoms with Crippen LogP contribution in [0, 0.1) is 28.4 Å². The second-order valence-corrected chi connectivity index (χ2v) is 12.4. The van der Waals surface area contributed by atoms with Crippen LogP contribution in [0.25, 0.3) is 0 Å². The van der Waals surface area contributed by atoms with Crippen molar-refractivity contribution >= 4 is 74.5 Å². The van der Waals surface area contributed by atoms with Crippen LogP contribution in [0.15, 0.2) is 63.4 Å². The number of ketones is 1. The number of nitrogens with two attached hydrogens (primary N) is 1. The second kappa shape index (κ2) is 12.1. The molecule has 0 bridgehead atoms. The number of amides is 1. The van der Waals surface area contributed by atoms with Gasteiger partial charge in [-0.15, -0.1) is 10.2 Å². The predicted octanol–water partition coefficient (Wildman–Crippen LogP) is 6.10. The van der Waals surface area contributed by atoms with Crippen molar-refractivity contribution in [2.24, 2.45) is 5.73 Å². The minimum Gasteiger partial charge on any atom is -0.384 e. The van der Waals surface area contributed by atoms with Gasteiger partial charge in [0.2, 0.25) is 11.0 Å². The summed E-state index contributed by atoms with van der Waals surface area (Å²) in [7, 11) is 0. The summed E-state index contributed by atoms with van der Waals surface area (Å²) in [6.07, 6.45) is 1.47. The second-order valence-electron chi connectivity index (χ2n) is 9.44. The molecule has 1 amide bonds. The fraction of sp³-hybridized carbons (Fsp3) is 0.222. The van der Waals surface area contributed by atoms with E-state index in [0.717, 1.165) is 23.1 Å².